The molecule has 5 nitrogen and oxygen atoms in total. The van der Waals surface area contributed by atoms with Crippen LogP contribution in [-0.2, 0) is 4.79 Å². The zero-order chi connectivity index (χ0) is 17.7. The number of hydrogen-bond acceptors (Lipinski definition) is 4. The normalized spacial score (nSPS) is 17.5. The molecule has 1 aliphatic rings. The molecule has 0 aromatic heterocycles. The Morgan fingerprint density at radius 3 is 2.62 bits per heavy atom. The van der Waals surface area contributed by atoms with Crippen molar-refractivity contribution in [1.29, 1.82) is 0 Å². The number of benzene rings is 1. The molecule has 24 heavy (non-hydrogen) atoms. The molecule has 6 heteroatoms. The minimum Gasteiger partial charge on any atom is -0.497 e. The molecule has 1 fully saturated rings. The quantitative estimate of drug-likeness (QED) is 0.863. The van der Waals surface area contributed by atoms with Gasteiger partial charge in [-0.15, -0.1) is 0 Å². The summed E-state index contributed by atoms with van der Waals surface area (Å²) in [6, 6.07) is 5.26. The fourth-order valence-corrected chi connectivity index (χ4v) is 3.02. The first-order valence-corrected chi connectivity index (χ1v) is 8.42. The van der Waals surface area contributed by atoms with Crippen LogP contribution in [0.3, 0.4) is 0 Å². The van der Waals surface area contributed by atoms with E-state index in [4.69, 9.17) is 4.74 Å². The van der Waals surface area contributed by atoms with E-state index in [-0.39, 0.29) is 17.8 Å². The first kappa shape index (κ1) is 18.7. The molecule has 0 radical (unpaired) electrons. The Morgan fingerprint density at radius 2 is 2.08 bits per heavy atom. The van der Waals surface area contributed by atoms with Gasteiger partial charge in [-0.25, -0.2) is 4.39 Å². The number of carbonyl (C=O) groups excluding carboxylic acids is 1. The molecule has 1 aliphatic heterocycles. The van der Waals surface area contributed by atoms with E-state index < -0.39 is 0 Å². The summed E-state index contributed by atoms with van der Waals surface area (Å²) in [6.45, 7) is 4.22. The van der Waals surface area contributed by atoms with Gasteiger partial charge in [0.05, 0.1) is 13.7 Å². The van der Waals surface area contributed by atoms with Crippen LogP contribution >= 0.6 is 0 Å². The van der Waals surface area contributed by atoms with Crippen LogP contribution in [0, 0.1) is 5.82 Å². The fraction of sp³-hybridized carbons (Fsp3) is 0.611. The number of hydrogen-bond donors (Lipinski definition) is 1. The lowest BCUT2D eigenvalue weighted by Gasteiger charge is -2.34. The molecule has 134 valence electrons. The summed E-state index contributed by atoms with van der Waals surface area (Å²) < 4.78 is 19.2. The lowest BCUT2D eigenvalue weighted by molar-refractivity contribution is -0.130. The van der Waals surface area contributed by atoms with Crippen molar-refractivity contribution in [3.8, 4) is 5.75 Å². The Labute approximate surface area is 143 Å². The van der Waals surface area contributed by atoms with Crippen molar-refractivity contribution in [1.82, 2.24) is 15.1 Å². The predicted octanol–water partition coefficient (Wildman–Crippen LogP) is 2.04. The van der Waals surface area contributed by atoms with Gasteiger partial charge >= 0.3 is 0 Å². The largest absolute Gasteiger partial charge is 0.497 e. The van der Waals surface area contributed by atoms with E-state index in [0.717, 1.165) is 25.9 Å². The summed E-state index contributed by atoms with van der Waals surface area (Å²) in [7, 11) is 5.09. The molecule has 1 N–H and O–H groups in total. The molecule has 0 aliphatic carbocycles. The second-order valence-electron chi connectivity index (χ2n) is 6.61. The van der Waals surface area contributed by atoms with E-state index in [1.54, 1.807) is 31.1 Å². The maximum atomic E-state index is 14.2. The van der Waals surface area contributed by atoms with E-state index in [0.29, 0.717) is 23.9 Å². The molecule has 0 bridgehead atoms. The lowest BCUT2D eigenvalue weighted by atomic mass is 10.0. The Morgan fingerprint density at radius 1 is 1.42 bits per heavy atom. The maximum Gasteiger partial charge on any atom is 0.236 e. The number of piperidine rings is 1. The number of nitrogens with one attached hydrogen (secondary N) is 1. The molecule has 1 atom stereocenters. The number of amides is 1. The third kappa shape index (κ3) is 4.92. The highest BCUT2D eigenvalue weighted by Crippen LogP contribution is 2.23. The number of likely N-dealkylation sites (tertiary alicyclic amines) is 1. The molecule has 0 spiro atoms. The van der Waals surface area contributed by atoms with Crippen LogP contribution in [0.25, 0.3) is 0 Å². The van der Waals surface area contributed by atoms with Crippen LogP contribution in [0.5, 0.6) is 5.75 Å². The highest BCUT2D eigenvalue weighted by molar-refractivity contribution is 5.77. The van der Waals surface area contributed by atoms with Crippen molar-refractivity contribution in [2.45, 2.75) is 31.8 Å². The molecule has 2 rings (SSSR count). The van der Waals surface area contributed by atoms with Gasteiger partial charge in [-0.1, -0.05) is 6.07 Å². The number of nitrogens with zero attached hydrogens (tertiary/aromatic N) is 2. The summed E-state index contributed by atoms with van der Waals surface area (Å²) in [5, 5.41) is 3.51. The fourth-order valence-electron chi connectivity index (χ4n) is 3.02. The van der Waals surface area contributed by atoms with E-state index in [9.17, 15) is 9.18 Å². The Balaban J connectivity index is 1.84. The Bertz CT molecular complexity index is 557. The van der Waals surface area contributed by atoms with Crippen molar-refractivity contribution in [3.05, 3.63) is 29.6 Å². The highest BCUT2D eigenvalue weighted by Gasteiger charge is 2.23. The van der Waals surface area contributed by atoms with Crippen LogP contribution in [0.1, 0.15) is 31.4 Å². The summed E-state index contributed by atoms with van der Waals surface area (Å²) >= 11 is 0. The minimum atomic E-state index is -0.247. The molecule has 0 unspecified atom stereocenters. The van der Waals surface area contributed by atoms with E-state index >= 15 is 0 Å². The topological polar surface area (TPSA) is 44.8 Å². The van der Waals surface area contributed by atoms with Crippen molar-refractivity contribution >= 4 is 5.91 Å². The average molecular weight is 337 g/mol. The second kappa shape index (κ2) is 8.44. The molecule has 1 saturated heterocycles. The van der Waals surface area contributed by atoms with Crippen molar-refractivity contribution in [2.75, 3.05) is 40.8 Å². The summed E-state index contributed by atoms with van der Waals surface area (Å²) in [4.78, 5) is 15.6. The van der Waals surface area contributed by atoms with Gasteiger partial charge in [0, 0.05) is 50.9 Å². The zero-order valence-corrected chi connectivity index (χ0v) is 15.0. The number of carbonyl (C=O) groups is 1. The molecular formula is C18H28FN3O2. The monoisotopic (exact) mass is 337 g/mol. The summed E-state index contributed by atoms with van der Waals surface area (Å²) in [6.07, 6.45) is 1.92. The molecule has 0 saturated carbocycles. The third-order valence-electron chi connectivity index (χ3n) is 4.61. The van der Waals surface area contributed by atoms with Gasteiger partial charge < -0.3 is 15.0 Å². The summed E-state index contributed by atoms with van der Waals surface area (Å²) in [5.41, 5.74) is 0.654. The maximum absolute atomic E-state index is 14.2. The van der Waals surface area contributed by atoms with E-state index in [1.165, 1.54) is 13.2 Å². The lowest BCUT2D eigenvalue weighted by Crippen LogP contribution is -2.46. The standard InChI is InChI=1S/C18H28FN3O2/c1-13(16-6-5-15(24-4)11-17(16)19)20-14-7-9-22(10-8-14)12-18(23)21(2)3/h5-6,11,13-14,20H,7-10,12H2,1-4H3/t13-/m1/s1. The smallest absolute Gasteiger partial charge is 0.236 e. The van der Waals surface area contributed by atoms with Crippen molar-refractivity contribution in [2.24, 2.45) is 0 Å². The van der Waals surface area contributed by atoms with Gasteiger partial charge in [0.2, 0.25) is 5.91 Å². The minimum absolute atomic E-state index is 0.0594. The first-order chi connectivity index (χ1) is 11.4. The van der Waals surface area contributed by atoms with Gasteiger partial charge in [0.1, 0.15) is 11.6 Å². The van der Waals surface area contributed by atoms with Crippen LogP contribution < -0.4 is 10.1 Å². The molecule has 1 aromatic rings. The van der Waals surface area contributed by atoms with E-state index in [1.807, 2.05) is 6.92 Å². The van der Waals surface area contributed by atoms with Crippen LogP contribution in [0.4, 0.5) is 4.39 Å². The number of rotatable bonds is 6. The Kier molecular flexibility index (Phi) is 6.57. The Hall–Kier alpha value is -1.66. The van der Waals surface area contributed by atoms with Gasteiger partial charge in [-0.05, 0) is 25.8 Å². The molecule has 1 amide bonds. The first-order valence-electron chi connectivity index (χ1n) is 8.42. The second-order valence-corrected chi connectivity index (χ2v) is 6.61. The predicted molar refractivity (Wildman–Crippen MR) is 92.7 cm³/mol. The molecule has 1 heterocycles. The van der Waals surface area contributed by atoms with Gasteiger partial charge in [-0.3, -0.25) is 9.69 Å². The SMILES string of the molecule is COc1ccc([C@@H](C)NC2CCN(CC(=O)N(C)C)CC2)c(F)c1. The van der Waals surface area contributed by atoms with Gasteiger partial charge in [0.15, 0.2) is 0 Å². The molecular weight excluding hydrogens is 309 g/mol. The van der Waals surface area contributed by atoms with Gasteiger partial charge in [0.25, 0.3) is 0 Å². The van der Waals surface area contributed by atoms with E-state index in [2.05, 4.69) is 10.2 Å². The third-order valence-corrected chi connectivity index (χ3v) is 4.61. The van der Waals surface area contributed by atoms with Crippen LogP contribution in [0.2, 0.25) is 0 Å². The van der Waals surface area contributed by atoms with Crippen LogP contribution in [-0.4, -0.2) is 62.6 Å². The number of ether oxygens (including phenoxy) is 1. The zero-order valence-electron chi connectivity index (χ0n) is 15.0. The number of halogens is 1. The number of methoxy groups -OCH3 is 1. The average Bonchev–Trinajstić information content (AvgIpc) is 2.56. The molecule has 1 aromatic carbocycles. The highest BCUT2D eigenvalue weighted by atomic mass is 19.1. The van der Waals surface area contributed by atoms with Crippen LogP contribution in [0.15, 0.2) is 18.2 Å². The summed E-state index contributed by atoms with van der Waals surface area (Å²) in [5.74, 6) is 0.417. The number of likely N-dealkylation sites (N-methyl/N-ethyl adjacent to an activating group) is 1. The van der Waals surface area contributed by atoms with Gasteiger partial charge in [-0.2, -0.15) is 0 Å². The van der Waals surface area contributed by atoms with Crippen molar-refractivity contribution in [3.63, 3.8) is 0 Å². The van der Waals surface area contributed by atoms with Crippen molar-refractivity contribution < 1.29 is 13.9 Å².